The fraction of sp³-hybridized carbons (Fsp3) is 0.682. The Morgan fingerprint density at radius 2 is 2.03 bits per heavy atom. The largest absolute Gasteiger partial charge is 0.459 e. The Morgan fingerprint density at radius 3 is 2.66 bits per heavy atom. The van der Waals surface area contributed by atoms with Crippen LogP contribution in [0.5, 0.6) is 0 Å². The summed E-state index contributed by atoms with van der Waals surface area (Å²) in [5.41, 5.74) is -0.376. The summed E-state index contributed by atoms with van der Waals surface area (Å²) in [6.45, 7) is 9.37. The summed E-state index contributed by atoms with van der Waals surface area (Å²) in [4.78, 5) is 39.9. The minimum atomic E-state index is -0.544. The second kappa shape index (κ2) is 10.3. The number of hydrogen-bond acceptors (Lipinski definition) is 8. The Balaban J connectivity index is 1.93. The minimum Gasteiger partial charge on any atom is -0.459 e. The Morgan fingerprint density at radius 1 is 1.28 bits per heavy atom. The van der Waals surface area contributed by atoms with E-state index >= 15 is 0 Å². The molecule has 9 nitrogen and oxygen atoms in total. The molecule has 1 atom stereocenters. The molecule has 0 radical (unpaired) electrons. The number of aromatic nitrogens is 2. The van der Waals surface area contributed by atoms with E-state index in [1.54, 1.807) is 11.7 Å². The SMILES string of the molecule is COCCn1c(=O)c2c(C)c(CNCC(=O)OC(C)(C)C)sc2n(CC2CCCO2)c1=O. The standard InChI is InChI=1S/C22H33N3O6S/c1-14-16(11-23-12-17(26)31-22(2,3)4)32-20-18(14)19(27)24(8-10-29-5)21(28)25(20)13-15-7-6-9-30-15/h15,23H,6-13H2,1-5H3. The summed E-state index contributed by atoms with van der Waals surface area (Å²) in [5, 5.41) is 3.64. The van der Waals surface area contributed by atoms with Gasteiger partial charge in [0.25, 0.3) is 5.56 Å². The van der Waals surface area contributed by atoms with E-state index in [4.69, 9.17) is 14.2 Å². The van der Waals surface area contributed by atoms with Gasteiger partial charge >= 0.3 is 11.7 Å². The smallest absolute Gasteiger partial charge is 0.332 e. The highest BCUT2D eigenvalue weighted by Gasteiger charge is 2.24. The zero-order chi connectivity index (χ0) is 23.5. The van der Waals surface area contributed by atoms with Crippen LogP contribution in [0, 0.1) is 6.92 Å². The van der Waals surface area contributed by atoms with E-state index in [2.05, 4.69) is 5.32 Å². The third kappa shape index (κ3) is 5.67. The number of nitrogens with one attached hydrogen (secondary N) is 1. The third-order valence-electron chi connectivity index (χ3n) is 5.30. The van der Waals surface area contributed by atoms with E-state index in [-0.39, 0.29) is 43.0 Å². The van der Waals surface area contributed by atoms with Crippen molar-refractivity contribution in [1.29, 1.82) is 0 Å². The topological polar surface area (TPSA) is 101 Å². The van der Waals surface area contributed by atoms with Crippen molar-refractivity contribution < 1.29 is 19.0 Å². The summed E-state index contributed by atoms with van der Waals surface area (Å²) in [6, 6.07) is 0. The number of ether oxygens (including phenoxy) is 3. The van der Waals surface area contributed by atoms with Gasteiger partial charge in [0.1, 0.15) is 10.4 Å². The molecule has 0 amide bonds. The quantitative estimate of drug-likeness (QED) is 0.561. The van der Waals surface area contributed by atoms with Crippen LogP contribution in [0.1, 0.15) is 44.1 Å². The molecule has 0 saturated carbocycles. The number of aryl methyl sites for hydroxylation is 1. The van der Waals surface area contributed by atoms with Gasteiger partial charge in [-0.15, -0.1) is 11.3 Å². The molecule has 1 aliphatic heterocycles. The first-order valence-electron chi connectivity index (χ1n) is 10.9. The number of fused-ring (bicyclic) bond motifs is 1. The van der Waals surface area contributed by atoms with Gasteiger partial charge in [0.05, 0.1) is 37.7 Å². The molecule has 32 heavy (non-hydrogen) atoms. The van der Waals surface area contributed by atoms with Crippen molar-refractivity contribution in [1.82, 2.24) is 14.5 Å². The number of esters is 1. The molecule has 0 bridgehead atoms. The zero-order valence-electron chi connectivity index (χ0n) is 19.5. The van der Waals surface area contributed by atoms with E-state index < -0.39 is 5.60 Å². The van der Waals surface area contributed by atoms with Crippen molar-refractivity contribution in [3.05, 3.63) is 31.3 Å². The summed E-state index contributed by atoms with van der Waals surface area (Å²) >= 11 is 1.41. The number of methoxy groups -OCH3 is 1. The lowest BCUT2D eigenvalue weighted by atomic mass is 10.2. The highest BCUT2D eigenvalue weighted by Crippen LogP contribution is 2.28. The molecular formula is C22H33N3O6S. The minimum absolute atomic E-state index is 0.0413. The highest BCUT2D eigenvalue weighted by molar-refractivity contribution is 7.18. The fourth-order valence-electron chi connectivity index (χ4n) is 3.80. The van der Waals surface area contributed by atoms with Crippen molar-refractivity contribution >= 4 is 27.5 Å². The first-order valence-corrected chi connectivity index (χ1v) is 11.7. The molecule has 2 aromatic heterocycles. The first kappa shape index (κ1) is 24.6. The molecule has 3 rings (SSSR count). The molecule has 1 aliphatic rings. The zero-order valence-corrected chi connectivity index (χ0v) is 20.3. The number of rotatable bonds is 9. The van der Waals surface area contributed by atoms with E-state index in [1.807, 2.05) is 27.7 Å². The second-order valence-electron chi connectivity index (χ2n) is 9.00. The molecule has 1 fully saturated rings. The van der Waals surface area contributed by atoms with Crippen molar-refractivity contribution in [2.45, 2.75) is 71.9 Å². The number of carbonyl (C=O) groups is 1. The number of carbonyl (C=O) groups excluding carboxylic acids is 1. The Bertz CT molecular complexity index is 1070. The van der Waals surface area contributed by atoms with Crippen LogP contribution in [-0.4, -0.2) is 53.7 Å². The maximum Gasteiger partial charge on any atom is 0.332 e. The van der Waals surface area contributed by atoms with Gasteiger partial charge < -0.3 is 19.5 Å². The summed E-state index contributed by atoms with van der Waals surface area (Å²) in [6.07, 6.45) is 1.81. The van der Waals surface area contributed by atoms with Gasteiger partial charge in [-0.3, -0.25) is 18.7 Å². The molecule has 0 aliphatic carbocycles. The lowest BCUT2D eigenvalue weighted by molar-refractivity contribution is -0.153. The van der Waals surface area contributed by atoms with E-state index in [0.29, 0.717) is 29.9 Å². The number of nitrogens with zero attached hydrogens (tertiary/aromatic N) is 2. The van der Waals surface area contributed by atoms with Crippen LogP contribution < -0.4 is 16.6 Å². The van der Waals surface area contributed by atoms with E-state index in [1.165, 1.54) is 15.9 Å². The van der Waals surface area contributed by atoms with Crippen LogP contribution in [0.25, 0.3) is 10.2 Å². The van der Waals surface area contributed by atoms with E-state index in [9.17, 15) is 14.4 Å². The van der Waals surface area contributed by atoms with Crippen LogP contribution in [0.15, 0.2) is 9.59 Å². The number of thiophene rings is 1. The molecule has 178 valence electrons. The van der Waals surface area contributed by atoms with Crippen molar-refractivity contribution in [2.75, 3.05) is 26.9 Å². The molecule has 1 N–H and O–H groups in total. The lowest BCUT2D eigenvalue weighted by Gasteiger charge is -2.19. The first-order chi connectivity index (χ1) is 15.1. The maximum absolute atomic E-state index is 13.2. The van der Waals surface area contributed by atoms with Gasteiger partial charge in [-0.05, 0) is 46.1 Å². The molecule has 2 aromatic rings. The monoisotopic (exact) mass is 467 g/mol. The van der Waals surface area contributed by atoms with E-state index in [0.717, 1.165) is 23.3 Å². The lowest BCUT2D eigenvalue weighted by Crippen LogP contribution is -2.42. The third-order valence-corrected chi connectivity index (χ3v) is 6.61. The molecular weight excluding hydrogens is 434 g/mol. The molecule has 0 aromatic carbocycles. The normalized spacial score (nSPS) is 16.7. The van der Waals surface area contributed by atoms with Crippen LogP contribution in [-0.2, 0) is 38.6 Å². The Hall–Kier alpha value is -2.01. The summed E-state index contributed by atoms with van der Waals surface area (Å²) < 4.78 is 19.1. The van der Waals surface area contributed by atoms with Gasteiger partial charge in [0.15, 0.2) is 0 Å². The fourth-order valence-corrected chi connectivity index (χ4v) is 5.07. The maximum atomic E-state index is 13.2. The predicted octanol–water partition coefficient (Wildman–Crippen LogP) is 1.79. The van der Waals surface area contributed by atoms with Gasteiger partial charge in [-0.2, -0.15) is 0 Å². The van der Waals surface area contributed by atoms with Crippen LogP contribution in [0.3, 0.4) is 0 Å². The molecule has 1 saturated heterocycles. The van der Waals surface area contributed by atoms with Gasteiger partial charge in [0.2, 0.25) is 0 Å². The molecule has 3 heterocycles. The van der Waals surface area contributed by atoms with Crippen molar-refractivity contribution in [2.24, 2.45) is 0 Å². The molecule has 1 unspecified atom stereocenters. The van der Waals surface area contributed by atoms with Gasteiger partial charge in [0, 0.05) is 25.1 Å². The molecule has 10 heteroatoms. The average Bonchev–Trinajstić information content (AvgIpc) is 3.32. The van der Waals surface area contributed by atoms with Crippen LogP contribution >= 0.6 is 11.3 Å². The number of hydrogen-bond donors (Lipinski definition) is 1. The average molecular weight is 468 g/mol. The second-order valence-corrected chi connectivity index (χ2v) is 10.1. The van der Waals surface area contributed by atoms with Gasteiger partial charge in [-0.25, -0.2) is 4.79 Å². The van der Waals surface area contributed by atoms with Gasteiger partial charge in [-0.1, -0.05) is 0 Å². The highest BCUT2D eigenvalue weighted by atomic mass is 32.1. The van der Waals surface area contributed by atoms with Crippen LogP contribution in [0.2, 0.25) is 0 Å². The van der Waals surface area contributed by atoms with Crippen molar-refractivity contribution in [3.63, 3.8) is 0 Å². The Kier molecular flexibility index (Phi) is 7.92. The van der Waals surface area contributed by atoms with Crippen LogP contribution in [0.4, 0.5) is 0 Å². The van der Waals surface area contributed by atoms with Crippen molar-refractivity contribution in [3.8, 4) is 0 Å². The molecule has 0 spiro atoms. The predicted molar refractivity (Wildman–Crippen MR) is 123 cm³/mol. The summed E-state index contributed by atoms with van der Waals surface area (Å²) in [7, 11) is 1.54. The summed E-state index contributed by atoms with van der Waals surface area (Å²) in [5.74, 6) is -0.339. The Labute approximate surface area is 191 Å².